The summed E-state index contributed by atoms with van der Waals surface area (Å²) in [5.74, 6) is 0.396. The lowest BCUT2D eigenvalue weighted by molar-refractivity contribution is 0.671. The molecule has 0 unspecified atom stereocenters. The topological polar surface area (TPSA) is 31.6 Å². The highest BCUT2D eigenvalue weighted by molar-refractivity contribution is 5.41. The van der Waals surface area contributed by atoms with E-state index in [2.05, 4.69) is 80.4 Å². The smallest absolute Gasteiger partial charge is 0.0400 e. The van der Waals surface area contributed by atoms with Crippen LogP contribution in [0.1, 0.15) is 65.4 Å². The van der Waals surface area contributed by atoms with Gasteiger partial charge in [0, 0.05) is 29.7 Å². The summed E-state index contributed by atoms with van der Waals surface area (Å²) < 4.78 is 0. The number of aromatic amines is 2. The third kappa shape index (κ3) is 3.58. The van der Waals surface area contributed by atoms with Crippen molar-refractivity contribution in [3.63, 3.8) is 0 Å². The van der Waals surface area contributed by atoms with Gasteiger partial charge >= 0.3 is 0 Å². The van der Waals surface area contributed by atoms with Gasteiger partial charge in [0.05, 0.1) is 0 Å². The zero-order valence-electron chi connectivity index (χ0n) is 15.9. The van der Waals surface area contributed by atoms with E-state index in [-0.39, 0.29) is 0 Å². The summed E-state index contributed by atoms with van der Waals surface area (Å²) in [5, 5.41) is 0. The lowest BCUT2D eigenvalue weighted by Gasteiger charge is -2.19. The minimum Gasteiger partial charge on any atom is -0.364 e. The third-order valence-electron chi connectivity index (χ3n) is 5.46. The van der Waals surface area contributed by atoms with Gasteiger partial charge in [-0.15, -0.1) is 0 Å². The average molecular weight is 335 g/mol. The summed E-state index contributed by atoms with van der Waals surface area (Å²) in [6, 6.07) is 10.8. The molecule has 0 aliphatic carbocycles. The monoisotopic (exact) mass is 334 g/mol. The van der Waals surface area contributed by atoms with E-state index in [4.69, 9.17) is 0 Å². The standard InChI is InChI=1S/C23H30N2/c1-5-19-16(3)14-24-22(19)21(13-12-18-10-8-7-9-11-18)23-20(6-2)17(4)15-25-23/h7-11,14-15,21,24-25H,5-6,12-13H2,1-4H3. The highest BCUT2D eigenvalue weighted by Crippen LogP contribution is 2.35. The zero-order chi connectivity index (χ0) is 17.8. The van der Waals surface area contributed by atoms with Crippen LogP contribution in [-0.2, 0) is 19.3 Å². The van der Waals surface area contributed by atoms with Crippen molar-refractivity contribution in [3.8, 4) is 0 Å². The second-order valence-corrected chi connectivity index (χ2v) is 7.01. The van der Waals surface area contributed by atoms with E-state index in [9.17, 15) is 0 Å². The molecule has 0 aliphatic rings. The van der Waals surface area contributed by atoms with E-state index < -0.39 is 0 Å². The molecule has 0 spiro atoms. The quantitative estimate of drug-likeness (QED) is 0.543. The molecule has 0 atom stereocenters. The van der Waals surface area contributed by atoms with Crippen LogP contribution >= 0.6 is 0 Å². The second-order valence-electron chi connectivity index (χ2n) is 7.01. The molecule has 2 heterocycles. The Balaban J connectivity index is 1.98. The maximum atomic E-state index is 3.60. The minimum absolute atomic E-state index is 0.396. The largest absolute Gasteiger partial charge is 0.364 e. The van der Waals surface area contributed by atoms with E-state index in [1.54, 1.807) is 0 Å². The van der Waals surface area contributed by atoms with Crippen LogP contribution in [0.3, 0.4) is 0 Å². The van der Waals surface area contributed by atoms with Gasteiger partial charge in [-0.3, -0.25) is 0 Å². The van der Waals surface area contributed by atoms with Crippen molar-refractivity contribution in [2.24, 2.45) is 0 Å². The first-order valence-electron chi connectivity index (χ1n) is 9.53. The van der Waals surface area contributed by atoms with Crippen LogP contribution in [0.5, 0.6) is 0 Å². The van der Waals surface area contributed by atoms with Crippen LogP contribution in [0.15, 0.2) is 42.7 Å². The summed E-state index contributed by atoms with van der Waals surface area (Å²) >= 11 is 0. The Morgan fingerprint density at radius 1 is 0.800 bits per heavy atom. The predicted molar refractivity (Wildman–Crippen MR) is 106 cm³/mol. The average Bonchev–Trinajstić information content (AvgIpc) is 3.19. The Hall–Kier alpha value is -2.22. The number of rotatable bonds is 7. The van der Waals surface area contributed by atoms with Crippen LogP contribution in [0.4, 0.5) is 0 Å². The second kappa shape index (κ2) is 7.77. The van der Waals surface area contributed by atoms with Crippen molar-refractivity contribution in [1.29, 1.82) is 0 Å². The summed E-state index contributed by atoms with van der Waals surface area (Å²) in [5.41, 5.74) is 9.92. The Labute approximate surface area is 151 Å². The first-order chi connectivity index (χ1) is 12.2. The molecule has 0 saturated carbocycles. The minimum atomic E-state index is 0.396. The zero-order valence-corrected chi connectivity index (χ0v) is 15.9. The number of aromatic nitrogens is 2. The Kier molecular flexibility index (Phi) is 5.47. The van der Waals surface area contributed by atoms with Gasteiger partial charge in [-0.25, -0.2) is 0 Å². The van der Waals surface area contributed by atoms with E-state index in [0.717, 1.165) is 25.7 Å². The van der Waals surface area contributed by atoms with Crippen LogP contribution < -0.4 is 0 Å². The number of hydrogen-bond donors (Lipinski definition) is 2. The van der Waals surface area contributed by atoms with Crippen molar-refractivity contribution in [3.05, 3.63) is 81.9 Å². The number of nitrogens with one attached hydrogen (secondary N) is 2. The van der Waals surface area contributed by atoms with Crippen LogP contribution in [-0.4, -0.2) is 9.97 Å². The molecular formula is C23H30N2. The molecule has 2 nitrogen and oxygen atoms in total. The lowest BCUT2D eigenvalue weighted by atomic mass is 9.87. The predicted octanol–water partition coefficient (Wildman–Crippen LogP) is 5.85. The maximum Gasteiger partial charge on any atom is 0.0400 e. The third-order valence-corrected chi connectivity index (χ3v) is 5.46. The molecule has 25 heavy (non-hydrogen) atoms. The molecule has 1 aromatic carbocycles. The Morgan fingerprint density at radius 3 is 1.80 bits per heavy atom. The Bertz CT molecular complexity index is 760. The molecule has 0 fully saturated rings. The summed E-state index contributed by atoms with van der Waals surface area (Å²) in [6.45, 7) is 8.95. The summed E-state index contributed by atoms with van der Waals surface area (Å²) in [6.07, 6.45) is 8.70. The number of aryl methyl sites for hydroxylation is 3. The van der Waals surface area contributed by atoms with Crippen molar-refractivity contribution in [2.75, 3.05) is 0 Å². The summed E-state index contributed by atoms with van der Waals surface area (Å²) in [4.78, 5) is 7.20. The molecule has 3 aromatic rings. The van der Waals surface area contributed by atoms with Gasteiger partial charge in [0.1, 0.15) is 0 Å². The molecule has 0 saturated heterocycles. The van der Waals surface area contributed by atoms with Gasteiger partial charge < -0.3 is 9.97 Å². The van der Waals surface area contributed by atoms with Gasteiger partial charge in [-0.1, -0.05) is 44.2 Å². The van der Waals surface area contributed by atoms with Crippen molar-refractivity contribution < 1.29 is 0 Å². The molecule has 2 N–H and O–H groups in total. The molecule has 0 aliphatic heterocycles. The molecule has 0 bridgehead atoms. The molecule has 3 rings (SSSR count). The van der Waals surface area contributed by atoms with E-state index >= 15 is 0 Å². The fourth-order valence-electron chi connectivity index (χ4n) is 4.09. The Morgan fingerprint density at radius 2 is 1.32 bits per heavy atom. The van der Waals surface area contributed by atoms with Crippen molar-refractivity contribution in [1.82, 2.24) is 9.97 Å². The molecule has 2 aromatic heterocycles. The number of hydrogen-bond acceptors (Lipinski definition) is 0. The van der Waals surface area contributed by atoms with E-state index in [0.29, 0.717) is 5.92 Å². The number of H-pyrrole nitrogens is 2. The van der Waals surface area contributed by atoms with E-state index in [1.165, 1.54) is 39.2 Å². The van der Waals surface area contributed by atoms with Crippen LogP contribution in [0.25, 0.3) is 0 Å². The molecule has 0 amide bonds. The fraction of sp³-hybridized carbons (Fsp3) is 0.391. The number of benzene rings is 1. The SMILES string of the molecule is CCc1c(C)c[nH]c1C(CCc1ccccc1)c1[nH]cc(C)c1CC. The van der Waals surface area contributed by atoms with Crippen LogP contribution in [0, 0.1) is 13.8 Å². The fourth-order valence-corrected chi connectivity index (χ4v) is 4.09. The van der Waals surface area contributed by atoms with Gasteiger partial charge in [-0.2, -0.15) is 0 Å². The first kappa shape index (κ1) is 17.6. The molecule has 2 heteroatoms. The normalized spacial score (nSPS) is 11.4. The van der Waals surface area contributed by atoms with Gasteiger partial charge in [0.15, 0.2) is 0 Å². The highest BCUT2D eigenvalue weighted by Gasteiger charge is 2.23. The summed E-state index contributed by atoms with van der Waals surface area (Å²) in [7, 11) is 0. The van der Waals surface area contributed by atoms with Crippen LogP contribution in [0.2, 0.25) is 0 Å². The van der Waals surface area contributed by atoms with Crippen molar-refractivity contribution >= 4 is 0 Å². The molecular weight excluding hydrogens is 304 g/mol. The van der Waals surface area contributed by atoms with Gasteiger partial charge in [0.2, 0.25) is 0 Å². The van der Waals surface area contributed by atoms with Crippen molar-refractivity contribution in [2.45, 2.75) is 59.3 Å². The molecule has 0 radical (unpaired) electrons. The molecule has 132 valence electrons. The first-order valence-corrected chi connectivity index (χ1v) is 9.53. The van der Waals surface area contributed by atoms with Gasteiger partial charge in [-0.05, 0) is 67.3 Å². The van der Waals surface area contributed by atoms with Gasteiger partial charge in [0.25, 0.3) is 0 Å². The maximum absolute atomic E-state index is 3.60. The van der Waals surface area contributed by atoms with E-state index in [1.807, 2.05) is 0 Å². The highest BCUT2D eigenvalue weighted by atomic mass is 14.8. The lowest BCUT2D eigenvalue weighted by Crippen LogP contribution is -2.09.